The summed E-state index contributed by atoms with van der Waals surface area (Å²) in [6.07, 6.45) is 0.570. The van der Waals surface area contributed by atoms with Crippen molar-refractivity contribution in [1.82, 2.24) is 9.21 Å². The van der Waals surface area contributed by atoms with Crippen molar-refractivity contribution in [2.24, 2.45) is 5.92 Å². The Morgan fingerprint density at radius 3 is 2.17 bits per heavy atom. The third kappa shape index (κ3) is 4.31. The first-order valence-electron chi connectivity index (χ1n) is 7.84. The Morgan fingerprint density at radius 2 is 1.70 bits per heavy atom. The van der Waals surface area contributed by atoms with Crippen molar-refractivity contribution >= 4 is 16.0 Å². The summed E-state index contributed by atoms with van der Waals surface area (Å²) in [4.78, 5) is 13.6. The van der Waals surface area contributed by atoms with Gasteiger partial charge in [-0.15, -0.1) is 0 Å². The van der Waals surface area contributed by atoms with E-state index in [-0.39, 0.29) is 10.8 Å². The maximum Gasteiger partial charge on any atom is 0.320 e. The van der Waals surface area contributed by atoms with Gasteiger partial charge in [-0.05, 0) is 24.5 Å². The van der Waals surface area contributed by atoms with Crippen LogP contribution in [-0.2, 0) is 14.8 Å². The fraction of sp³-hybridized carbons (Fsp3) is 0.562. The average molecular weight is 340 g/mol. The molecule has 1 saturated heterocycles. The number of nitrogens with zero attached hydrogens (tertiary/aromatic N) is 2. The number of rotatable bonds is 6. The first-order valence-corrected chi connectivity index (χ1v) is 9.28. The van der Waals surface area contributed by atoms with E-state index < -0.39 is 22.0 Å². The molecule has 1 atom stereocenters. The Hall–Kier alpha value is -1.44. The van der Waals surface area contributed by atoms with Crippen LogP contribution in [-0.4, -0.2) is 60.9 Å². The van der Waals surface area contributed by atoms with Crippen LogP contribution in [0, 0.1) is 5.92 Å². The first-order chi connectivity index (χ1) is 10.8. The molecule has 1 aliphatic heterocycles. The number of benzene rings is 1. The molecule has 0 aliphatic carbocycles. The minimum absolute atomic E-state index is 0.280. The van der Waals surface area contributed by atoms with Crippen molar-refractivity contribution in [2.75, 3.05) is 26.2 Å². The lowest BCUT2D eigenvalue weighted by molar-refractivity contribution is -0.144. The van der Waals surface area contributed by atoms with Gasteiger partial charge in [-0.3, -0.25) is 9.69 Å². The van der Waals surface area contributed by atoms with Gasteiger partial charge >= 0.3 is 5.97 Å². The van der Waals surface area contributed by atoms with Gasteiger partial charge < -0.3 is 5.11 Å². The smallest absolute Gasteiger partial charge is 0.320 e. The van der Waals surface area contributed by atoms with Gasteiger partial charge in [0.05, 0.1) is 4.90 Å². The lowest BCUT2D eigenvalue weighted by Crippen LogP contribution is -2.54. The van der Waals surface area contributed by atoms with Gasteiger partial charge in [-0.2, -0.15) is 4.31 Å². The number of carboxylic acid groups (broad SMARTS) is 1. The van der Waals surface area contributed by atoms with E-state index >= 15 is 0 Å². The Kier molecular flexibility index (Phi) is 5.78. The summed E-state index contributed by atoms with van der Waals surface area (Å²) in [6, 6.07) is 7.80. The first kappa shape index (κ1) is 17.9. The van der Waals surface area contributed by atoms with E-state index in [4.69, 9.17) is 0 Å². The van der Waals surface area contributed by atoms with Gasteiger partial charge in [0.1, 0.15) is 6.04 Å². The molecule has 23 heavy (non-hydrogen) atoms. The Bertz CT molecular complexity index is 623. The zero-order valence-electron chi connectivity index (χ0n) is 13.6. The number of piperazine rings is 1. The van der Waals surface area contributed by atoms with E-state index in [1.54, 1.807) is 30.3 Å². The van der Waals surface area contributed by atoms with E-state index in [1.807, 2.05) is 18.7 Å². The number of hydrogen-bond acceptors (Lipinski definition) is 4. The molecule has 1 unspecified atom stereocenters. The van der Waals surface area contributed by atoms with Crippen molar-refractivity contribution < 1.29 is 18.3 Å². The van der Waals surface area contributed by atoms with E-state index in [0.717, 1.165) is 0 Å². The van der Waals surface area contributed by atoms with Crippen LogP contribution in [0.3, 0.4) is 0 Å². The highest BCUT2D eigenvalue weighted by Gasteiger charge is 2.33. The van der Waals surface area contributed by atoms with Gasteiger partial charge in [0.15, 0.2) is 0 Å². The summed E-state index contributed by atoms with van der Waals surface area (Å²) in [7, 11) is -3.50. The molecule has 6 nitrogen and oxygen atoms in total. The van der Waals surface area contributed by atoms with Crippen molar-refractivity contribution in [2.45, 2.75) is 31.2 Å². The van der Waals surface area contributed by atoms with E-state index in [9.17, 15) is 18.3 Å². The van der Waals surface area contributed by atoms with Crippen LogP contribution in [0.1, 0.15) is 20.3 Å². The molecule has 0 spiro atoms. The molecular weight excluding hydrogens is 316 g/mol. The average Bonchev–Trinajstić information content (AvgIpc) is 2.53. The van der Waals surface area contributed by atoms with Crippen LogP contribution < -0.4 is 0 Å². The van der Waals surface area contributed by atoms with Crippen LogP contribution in [0.15, 0.2) is 35.2 Å². The lowest BCUT2D eigenvalue weighted by atomic mass is 10.0. The van der Waals surface area contributed by atoms with Crippen molar-refractivity contribution in [1.29, 1.82) is 0 Å². The second kappa shape index (κ2) is 7.42. The molecule has 1 heterocycles. The van der Waals surface area contributed by atoms with Crippen LogP contribution in [0.5, 0.6) is 0 Å². The summed E-state index contributed by atoms with van der Waals surface area (Å²) in [6.45, 7) is 5.50. The molecule has 1 fully saturated rings. The minimum Gasteiger partial charge on any atom is -0.480 e. The molecule has 0 amide bonds. The summed E-state index contributed by atoms with van der Waals surface area (Å²) in [5.74, 6) is -0.555. The molecule has 0 radical (unpaired) electrons. The zero-order chi connectivity index (χ0) is 17.0. The summed E-state index contributed by atoms with van der Waals surface area (Å²) >= 11 is 0. The molecule has 0 saturated carbocycles. The molecule has 7 heteroatoms. The van der Waals surface area contributed by atoms with Crippen molar-refractivity contribution in [3.8, 4) is 0 Å². The predicted molar refractivity (Wildman–Crippen MR) is 87.7 cm³/mol. The number of hydrogen-bond donors (Lipinski definition) is 1. The van der Waals surface area contributed by atoms with Crippen LogP contribution in [0.4, 0.5) is 0 Å². The summed E-state index contributed by atoms with van der Waals surface area (Å²) in [5, 5.41) is 9.40. The molecule has 1 aromatic carbocycles. The predicted octanol–water partition coefficient (Wildman–Crippen LogP) is 1.49. The second-order valence-electron chi connectivity index (χ2n) is 6.24. The van der Waals surface area contributed by atoms with E-state index in [1.165, 1.54) is 4.31 Å². The summed E-state index contributed by atoms with van der Waals surface area (Å²) < 4.78 is 26.6. The Morgan fingerprint density at radius 1 is 1.13 bits per heavy atom. The molecule has 1 aliphatic rings. The van der Waals surface area contributed by atoms with Crippen LogP contribution in [0.25, 0.3) is 0 Å². The van der Waals surface area contributed by atoms with Crippen molar-refractivity contribution in [3.05, 3.63) is 30.3 Å². The molecule has 0 bridgehead atoms. The van der Waals surface area contributed by atoms with Gasteiger partial charge in [-0.25, -0.2) is 8.42 Å². The standard InChI is InChI=1S/C16H24N2O4S/c1-13(2)12-15(16(19)20)17-8-10-18(11-9-17)23(21,22)14-6-4-3-5-7-14/h3-7,13,15H,8-12H2,1-2H3,(H,19,20). The monoisotopic (exact) mass is 340 g/mol. The maximum absolute atomic E-state index is 12.6. The molecular formula is C16H24N2O4S. The number of carbonyl (C=O) groups is 1. The van der Waals surface area contributed by atoms with Crippen LogP contribution in [0.2, 0.25) is 0 Å². The quantitative estimate of drug-likeness (QED) is 0.849. The number of carboxylic acids is 1. The fourth-order valence-corrected chi connectivity index (χ4v) is 4.29. The highest BCUT2D eigenvalue weighted by atomic mass is 32.2. The largest absolute Gasteiger partial charge is 0.480 e. The van der Waals surface area contributed by atoms with Gasteiger partial charge in [0.2, 0.25) is 10.0 Å². The van der Waals surface area contributed by atoms with Crippen LogP contribution >= 0.6 is 0 Å². The molecule has 2 rings (SSSR count). The molecule has 1 aromatic rings. The van der Waals surface area contributed by atoms with Gasteiger partial charge in [0, 0.05) is 26.2 Å². The minimum atomic E-state index is -3.50. The SMILES string of the molecule is CC(C)CC(C(=O)O)N1CCN(S(=O)(=O)c2ccccc2)CC1. The fourth-order valence-electron chi connectivity index (χ4n) is 2.85. The zero-order valence-corrected chi connectivity index (χ0v) is 14.4. The second-order valence-corrected chi connectivity index (χ2v) is 8.17. The lowest BCUT2D eigenvalue weighted by Gasteiger charge is -2.37. The Balaban J connectivity index is 2.04. The number of sulfonamides is 1. The van der Waals surface area contributed by atoms with Crippen molar-refractivity contribution in [3.63, 3.8) is 0 Å². The van der Waals surface area contributed by atoms with Gasteiger partial charge in [-0.1, -0.05) is 32.0 Å². The highest BCUT2D eigenvalue weighted by molar-refractivity contribution is 7.89. The number of aliphatic carboxylic acids is 1. The third-order valence-corrected chi connectivity index (χ3v) is 5.99. The topological polar surface area (TPSA) is 77.9 Å². The normalized spacial score (nSPS) is 18.9. The summed E-state index contributed by atoms with van der Waals surface area (Å²) in [5.41, 5.74) is 0. The maximum atomic E-state index is 12.6. The third-order valence-electron chi connectivity index (χ3n) is 4.07. The highest BCUT2D eigenvalue weighted by Crippen LogP contribution is 2.20. The molecule has 1 N–H and O–H groups in total. The Labute approximate surface area is 137 Å². The van der Waals surface area contributed by atoms with Gasteiger partial charge in [0.25, 0.3) is 0 Å². The van der Waals surface area contributed by atoms with E-state index in [0.29, 0.717) is 32.6 Å². The molecule has 128 valence electrons. The van der Waals surface area contributed by atoms with E-state index in [2.05, 4.69) is 0 Å². The molecule has 0 aromatic heterocycles.